The van der Waals surface area contributed by atoms with Crippen molar-refractivity contribution < 1.29 is 14.6 Å². The van der Waals surface area contributed by atoms with E-state index in [0.717, 1.165) is 5.56 Å². The first-order valence-corrected chi connectivity index (χ1v) is 6.25. The Morgan fingerprint density at radius 3 is 2.33 bits per heavy atom. The van der Waals surface area contributed by atoms with Crippen LogP contribution in [-0.4, -0.2) is 28.2 Å². The topological polar surface area (TPSA) is 46.5 Å². The van der Waals surface area contributed by atoms with E-state index in [4.69, 9.17) is 16.3 Å². The van der Waals surface area contributed by atoms with Crippen molar-refractivity contribution in [2.45, 2.75) is 37.7 Å². The Balaban J connectivity index is 2.48. The highest BCUT2D eigenvalue weighted by molar-refractivity contribution is 6.34. The molecular formula is C14H19ClO3. The van der Waals surface area contributed by atoms with Crippen molar-refractivity contribution in [1.82, 2.24) is 0 Å². The van der Waals surface area contributed by atoms with Gasteiger partial charge in [0.1, 0.15) is 0 Å². The summed E-state index contributed by atoms with van der Waals surface area (Å²) >= 11 is 6.02. The van der Waals surface area contributed by atoms with Gasteiger partial charge in [-0.1, -0.05) is 30.3 Å². The number of rotatable bonds is 5. The summed E-state index contributed by atoms with van der Waals surface area (Å²) < 4.78 is 5.11. The molecule has 0 radical (unpaired) electrons. The highest BCUT2D eigenvalue weighted by Gasteiger charge is 2.46. The summed E-state index contributed by atoms with van der Waals surface area (Å²) in [5.41, 5.74) is -0.247. The number of aliphatic hydroxyl groups is 1. The number of hydrogen-bond donors (Lipinski definition) is 1. The zero-order chi connectivity index (χ0) is 13.8. The van der Waals surface area contributed by atoms with Crippen molar-refractivity contribution in [2.75, 3.05) is 6.61 Å². The van der Waals surface area contributed by atoms with Crippen molar-refractivity contribution in [3.8, 4) is 0 Å². The van der Waals surface area contributed by atoms with Crippen molar-refractivity contribution in [3.63, 3.8) is 0 Å². The molecule has 100 valence electrons. The molecule has 1 atom stereocenters. The summed E-state index contributed by atoms with van der Waals surface area (Å²) in [5.74, 6) is -0.604. The van der Waals surface area contributed by atoms with Crippen LogP contribution in [0.1, 0.15) is 26.3 Å². The van der Waals surface area contributed by atoms with E-state index in [2.05, 4.69) is 0 Å². The highest BCUT2D eigenvalue weighted by Crippen LogP contribution is 2.30. The number of carbonyl (C=O) groups excluding carboxylic acids is 1. The molecule has 1 rings (SSSR count). The van der Waals surface area contributed by atoms with Crippen LogP contribution in [0.4, 0.5) is 0 Å². The van der Waals surface area contributed by atoms with Crippen molar-refractivity contribution in [1.29, 1.82) is 0 Å². The average molecular weight is 271 g/mol. The number of benzene rings is 1. The van der Waals surface area contributed by atoms with Gasteiger partial charge in [0, 0.05) is 6.42 Å². The van der Waals surface area contributed by atoms with Gasteiger partial charge in [-0.3, -0.25) is 4.79 Å². The molecule has 0 heterocycles. The summed E-state index contributed by atoms with van der Waals surface area (Å²) in [7, 11) is 0. The molecule has 18 heavy (non-hydrogen) atoms. The van der Waals surface area contributed by atoms with Gasteiger partial charge in [-0.05, 0) is 26.3 Å². The number of halogens is 1. The van der Waals surface area contributed by atoms with Gasteiger partial charge >= 0.3 is 5.97 Å². The van der Waals surface area contributed by atoms with E-state index in [1.165, 1.54) is 20.8 Å². The van der Waals surface area contributed by atoms with E-state index in [9.17, 15) is 9.90 Å². The molecule has 0 aliphatic heterocycles. The van der Waals surface area contributed by atoms with Crippen LogP contribution < -0.4 is 0 Å². The van der Waals surface area contributed by atoms with Crippen LogP contribution in [-0.2, 0) is 16.0 Å². The molecule has 3 nitrogen and oxygen atoms in total. The van der Waals surface area contributed by atoms with Gasteiger partial charge < -0.3 is 9.84 Å². The molecule has 0 aliphatic carbocycles. The van der Waals surface area contributed by atoms with E-state index in [-0.39, 0.29) is 6.61 Å². The summed E-state index contributed by atoms with van der Waals surface area (Å²) in [4.78, 5) is 10.3. The lowest BCUT2D eigenvalue weighted by molar-refractivity contribution is -0.152. The molecule has 0 saturated carbocycles. The van der Waals surface area contributed by atoms with Crippen LogP contribution >= 0.6 is 11.6 Å². The van der Waals surface area contributed by atoms with Crippen LogP contribution in [0.3, 0.4) is 0 Å². The van der Waals surface area contributed by atoms with Crippen LogP contribution in [0, 0.1) is 0 Å². The Kier molecular flexibility index (Phi) is 4.77. The van der Waals surface area contributed by atoms with Crippen LogP contribution in [0.25, 0.3) is 0 Å². The molecule has 0 amide bonds. The molecule has 0 saturated heterocycles. The molecule has 0 aromatic heterocycles. The molecule has 0 aliphatic rings. The van der Waals surface area contributed by atoms with E-state index in [1.54, 1.807) is 0 Å². The number of esters is 1. The first-order valence-electron chi connectivity index (χ1n) is 5.87. The lowest BCUT2D eigenvalue weighted by Gasteiger charge is -2.32. The lowest BCUT2D eigenvalue weighted by Crippen LogP contribution is -2.50. The number of alkyl halides is 1. The minimum Gasteiger partial charge on any atom is -0.464 e. The van der Waals surface area contributed by atoms with Crippen LogP contribution in [0.15, 0.2) is 30.3 Å². The van der Waals surface area contributed by atoms with E-state index < -0.39 is 16.4 Å². The second-order valence-electron chi connectivity index (χ2n) is 4.93. The van der Waals surface area contributed by atoms with Gasteiger partial charge in [-0.2, -0.15) is 0 Å². The predicted octanol–water partition coefficient (Wildman–Crippen LogP) is 2.54. The zero-order valence-electron chi connectivity index (χ0n) is 10.9. The van der Waals surface area contributed by atoms with Crippen molar-refractivity contribution in [3.05, 3.63) is 35.9 Å². The molecule has 1 N–H and O–H groups in total. The SMILES string of the molecule is CC(C)(O)C(C)(Cl)C(=O)OCCc1ccccc1. The second-order valence-corrected chi connectivity index (χ2v) is 5.69. The fourth-order valence-electron chi connectivity index (χ4n) is 1.29. The van der Waals surface area contributed by atoms with E-state index in [1.807, 2.05) is 30.3 Å². The van der Waals surface area contributed by atoms with Crippen LogP contribution in [0.5, 0.6) is 0 Å². The minimum absolute atomic E-state index is 0.251. The van der Waals surface area contributed by atoms with E-state index >= 15 is 0 Å². The Morgan fingerprint density at radius 2 is 1.83 bits per heavy atom. The fourth-order valence-corrected chi connectivity index (χ4v) is 1.35. The molecule has 4 heteroatoms. The quantitative estimate of drug-likeness (QED) is 0.661. The maximum Gasteiger partial charge on any atom is 0.329 e. The zero-order valence-corrected chi connectivity index (χ0v) is 11.7. The maximum absolute atomic E-state index is 11.8. The second kappa shape index (κ2) is 5.72. The van der Waals surface area contributed by atoms with Gasteiger partial charge in [0.2, 0.25) is 0 Å². The summed E-state index contributed by atoms with van der Waals surface area (Å²) in [6.45, 7) is 4.68. The van der Waals surface area contributed by atoms with Gasteiger partial charge in [0.05, 0.1) is 12.2 Å². The Labute approximate surface area is 113 Å². The molecule has 0 fully saturated rings. The fraction of sp³-hybridized carbons (Fsp3) is 0.500. The normalized spacial score (nSPS) is 14.9. The molecule has 0 bridgehead atoms. The summed E-state index contributed by atoms with van der Waals surface area (Å²) in [6, 6.07) is 9.71. The molecular weight excluding hydrogens is 252 g/mol. The largest absolute Gasteiger partial charge is 0.464 e. The van der Waals surface area contributed by atoms with Crippen LogP contribution in [0.2, 0.25) is 0 Å². The summed E-state index contributed by atoms with van der Waals surface area (Å²) in [5, 5.41) is 9.80. The Bertz CT molecular complexity index is 393. The lowest BCUT2D eigenvalue weighted by atomic mass is 9.92. The van der Waals surface area contributed by atoms with Gasteiger partial charge in [0.25, 0.3) is 0 Å². The average Bonchev–Trinajstić information content (AvgIpc) is 2.28. The Hall–Kier alpha value is -1.06. The maximum atomic E-state index is 11.8. The minimum atomic E-state index is -1.44. The first kappa shape index (κ1) is 15.0. The monoisotopic (exact) mass is 270 g/mol. The third-order valence-electron chi connectivity index (χ3n) is 3.00. The number of ether oxygens (including phenoxy) is 1. The van der Waals surface area contributed by atoms with Gasteiger partial charge in [-0.15, -0.1) is 11.6 Å². The third kappa shape index (κ3) is 3.72. The molecule has 1 aromatic rings. The highest BCUT2D eigenvalue weighted by atomic mass is 35.5. The van der Waals surface area contributed by atoms with Crippen molar-refractivity contribution >= 4 is 17.6 Å². The Morgan fingerprint density at radius 1 is 1.28 bits per heavy atom. The summed E-state index contributed by atoms with van der Waals surface area (Å²) in [6.07, 6.45) is 0.630. The predicted molar refractivity (Wildman–Crippen MR) is 71.7 cm³/mol. The first-order chi connectivity index (χ1) is 8.25. The molecule has 1 aromatic carbocycles. The smallest absolute Gasteiger partial charge is 0.329 e. The van der Waals surface area contributed by atoms with Gasteiger partial charge in [-0.25, -0.2) is 0 Å². The standard InChI is InChI=1S/C14H19ClO3/c1-13(2,17)14(3,15)12(16)18-10-9-11-7-5-4-6-8-11/h4-8,17H,9-10H2,1-3H3. The molecule has 1 unspecified atom stereocenters. The van der Waals surface area contributed by atoms with Crippen molar-refractivity contribution in [2.24, 2.45) is 0 Å². The molecule has 0 spiro atoms. The number of carbonyl (C=O) groups is 1. The number of hydrogen-bond acceptors (Lipinski definition) is 3. The van der Waals surface area contributed by atoms with Gasteiger partial charge in [0.15, 0.2) is 4.87 Å². The third-order valence-corrected chi connectivity index (χ3v) is 3.62. The van der Waals surface area contributed by atoms with E-state index in [0.29, 0.717) is 6.42 Å².